The van der Waals surface area contributed by atoms with Gasteiger partial charge in [0.1, 0.15) is 5.69 Å². The number of pyridine rings is 1. The van der Waals surface area contributed by atoms with E-state index in [1.165, 1.54) is 0 Å². The highest BCUT2D eigenvalue weighted by molar-refractivity contribution is 5.70. The number of carboxylic acid groups (broad SMARTS) is 1. The lowest BCUT2D eigenvalue weighted by Crippen LogP contribution is -2.26. The summed E-state index contributed by atoms with van der Waals surface area (Å²) in [6.45, 7) is 0.504. The summed E-state index contributed by atoms with van der Waals surface area (Å²) in [5, 5.41) is 9.04. The number of rotatable bonds is 2. The van der Waals surface area contributed by atoms with Crippen LogP contribution in [0, 0.1) is 5.92 Å². The number of nitrogens with zero attached hydrogens (tertiary/aromatic N) is 3. The maximum atomic E-state index is 11.0. The Morgan fingerprint density at radius 3 is 3.00 bits per heavy atom. The average molecular weight is 243 g/mol. The molecule has 3 heterocycles. The molecule has 0 saturated heterocycles. The minimum atomic E-state index is -0.728. The number of hydrogen-bond donors (Lipinski definition) is 1. The zero-order valence-electron chi connectivity index (χ0n) is 9.78. The quantitative estimate of drug-likeness (QED) is 0.869. The van der Waals surface area contributed by atoms with Crippen LogP contribution in [0.1, 0.15) is 12.1 Å². The number of carbonyl (C=O) groups is 1. The van der Waals surface area contributed by atoms with Gasteiger partial charge in [0.25, 0.3) is 0 Å². The van der Waals surface area contributed by atoms with Gasteiger partial charge in [-0.1, -0.05) is 6.07 Å². The predicted molar refractivity (Wildman–Crippen MR) is 64.9 cm³/mol. The van der Waals surface area contributed by atoms with Gasteiger partial charge in [-0.05, 0) is 25.0 Å². The molecule has 1 N–H and O–H groups in total. The molecule has 1 atom stereocenters. The van der Waals surface area contributed by atoms with Crippen LogP contribution in [-0.2, 0) is 17.8 Å². The molecule has 92 valence electrons. The Hall–Kier alpha value is -2.17. The van der Waals surface area contributed by atoms with Crippen molar-refractivity contribution in [1.82, 2.24) is 14.5 Å². The van der Waals surface area contributed by atoms with Crippen LogP contribution in [0.25, 0.3) is 11.4 Å². The van der Waals surface area contributed by atoms with Crippen molar-refractivity contribution >= 4 is 5.97 Å². The Morgan fingerprint density at radius 2 is 2.28 bits per heavy atom. The molecule has 1 unspecified atom stereocenters. The molecule has 0 fully saturated rings. The molecule has 0 aromatic carbocycles. The molecule has 0 radical (unpaired) electrons. The minimum absolute atomic E-state index is 0.303. The minimum Gasteiger partial charge on any atom is -0.481 e. The van der Waals surface area contributed by atoms with Crippen molar-refractivity contribution in [2.45, 2.75) is 19.4 Å². The summed E-state index contributed by atoms with van der Waals surface area (Å²) in [5.74, 6) is -1.03. The third-order valence-corrected chi connectivity index (χ3v) is 3.35. The second kappa shape index (κ2) is 4.25. The Morgan fingerprint density at radius 1 is 1.39 bits per heavy atom. The van der Waals surface area contributed by atoms with Crippen LogP contribution in [0.4, 0.5) is 0 Å². The molecule has 18 heavy (non-hydrogen) atoms. The third kappa shape index (κ3) is 1.77. The Balaban J connectivity index is 1.96. The maximum absolute atomic E-state index is 11.0. The van der Waals surface area contributed by atoms with E-state index in [9.17, 15) is 4.79 Å². The van der Waals surface area contributed by atoms with Crippen molar-refractivity contribution in [3.63, 3.8) is 0 Å². The highest BCUT2D eigenvalue weighted by atomic mass is 16.4. The van der Waals surface area contributed by atoms with Crippen molar-refractivity contribution in [3.05, 3.63) is 36.4 Å². The first-order valence-electron chi connectivity index (χ1n) is 5.94. The summed E-state index contributed by atoms with van der Waals surface area (Å²) in [5.41, 5.74) is 2.81. The second-order valence-corrected chi connectivity index (χ2v) is 4.48. The summed E-state index contributed by atoms with van der Waals surface area (Å²) < 4.78 is 1.94. The van der Waals surface area contributed by atoms with Gasteiger partial charge in [0.2, 0.25) is 0 Å². The van der Waals surface area contributed by atoms with Crippen molar-refractivity contribution in [3.8, 4) is 11.4 Å². The number of aliphatic carboxylic acids is 1. The van der Waals surface area contributed by atoms with Crippen LogP contribution >= 0.6 is 0 Å². The van der Waals surface area contributed by atoms with Crippen molar-refractivity contribution in [2.75, 3.05) is 0 Å². The monoisotopic (exact) mass is 243 g/mol. The lowest BCUT2D eigenvalue weighted by Gasteiger charge is -2.21. The Labute approximate surface area is 104 Å². The van der Waals surface area contributed by atoms with Crippen LogP contribution in [0.5, 0.6) is 0 Å². The number of hydrogen-bond acceptors (Lipinski definition) is 3. The number of fused-ring (bicyclic) bond motifs is 1. The van der Waals surface area contributed by atoms with Crippen molar-refractivity contribution in [1.29, 1.82) is 0 Å². The first kappa shape index (κ1) is 11.0. The summed E-state index contributed by atoms with van der Waals surface area (Å²) in [4.78, 5) is 19.7. The topological polar surface area (TPSA) is 68.0 Å². The molecule has 1 aliphatic heterocycles. The second-order valence-electron chi connectivity index (χ2n) is 4.48. The van der Waals surface area contributed by atoms with Gasteiger partial charge < -0.3 is 9.67 Å². The van der Waals surface area contributed by atoms with E-state index in [0.29, 0.717) is 13.0 Å². The van der Waals surface area contributed by atoms with E-state index >= 15 is 0 Å². The summed E-state index contributed by atoms with van der Waals surface area (Å²) in [7, 11) is 0. The average Bonchev–Trinajstić information content (AvgIpc) is 2.82. The maximum Gasteiger partial charge on any atom is 0.308 e. The van der Waals surface area contributed by atoms with E-state index in [1.54, 1.807) is 12.5 Å². The van der Waals surface area contributed by atoms with Gasteiger partial charge in [-0.15, -0.1) is 0 Å². The standard InChI is InChI=1S/C13H13N3O2/c17-13(18)9-4-5-11-12(15-8-16(11)7-9)10-3-1-2-6-14-10/h1-3,6,8-9H,4-5,7H2,(H,17,18). The van der Waals surface area contributed by atoms with Gasteiger partial charge in [0, 0.05) is 18.4 Å². The molecular weight excluding hydrogens is 230 g/mol. The van der Waals surface area contributed by atoms with Gasteiger partial charge in [0.05, 0.1) is 17.9 Å². The summed E-state index contributed by atoms with van der Waals surface area (Å²) in [6, 6.07) is 5.72. The molecule has 0 spiro atoms. The van der Waals surface area contributed by atoms with E-state index in [4.69, 9.17) is 5.11 Å². The van der Waals surface area contributed by atoms with Gasteiger partial charge in [-0.2, -0.15) is 0 Å². The largest absolute Gasteiger partial charge is 0.481 e. The summed E-state index contributed by atoms with van der Waals surface area (Å²) >= 11 is 0. The van der Waals surface area contributed by atoms with E-state index in [1.807, 2.05) is 22.8 Å². The molecule has 1 aliphatic rings. The first-order valence-corrected chi connectivity index (χ1v) is 5.94. The van der Waals surface area contributed by atoms with Gasteiger partial charge >= 0.3 is 5.97 Å². The molecule has 2 aromatic heterocycles. The molecule has 5 nitrogen and oxygen atoms in total. The van der Waals surface area contributed by atoms with E-state index in [-0.39, 0.29) is 5.92 Å². The molecule has 2 aromatic rings. The zero-order valence-corrected chi connectivity index (χ0v) is 9.78. The molecule has 0 aliphatic carbocycles. The fraction of sp³-hybridized carbons (Fsp3) is 0.308. The SMILES string of the molecule is O=C(O)C1CCc2c(-c3ccccn3)ncn2C1. The molecule has 0 bridgehead atoms. The molecular formula is C13H13N3O2. The van der Waals surface area contributed by atoms with Crippen LogP contribution < -0.4 is 0 Å². The van der Waals surface area contributed by atoms with Crippen molar-refractivity contribution < 1.29 is 9.90 Å². The smallest absolute Gasteiger partial charge is 0.308 e. The van der Waals surface area contributed by atoms with Crippen LogP contribution in [0.15, 0.2) is 30.7 Å². The van der Waals surface area contributed by atoms with Gasteiger partial charge in [0.15, 0.2) is 0 Å². The van der Waals surface area contributed by atoms with Crippen LogP contribution in [-0.4, -0.2) is 25.6 Å². The molecule has 0 saturated carbocycles. The van der Waals surface area contributed by atoms with E-state index in [0.717, 1.165) is 23.5 Å². The number of carboxylic acids is 1. The van der Waals surface area contributed by atoms with Crippen molar-refractivity contribution in [2.24, 2.45) is 5.92 Å². The van der Waals surface area contributed by atoms with Crippen LogP contribution in [0.3, 0.4) is 0 Å². The fourth-order valence-electron chi connectivity index (χ4n) is 2.39. The number of aromatic nitrogens is 3. The fourth-order valence-corrected chi connectivity index (χ4v) is 2.39. The molecule has 5 heteroatoms. The van der Waals surface area contributed by atoms with Crippen LogP contribution in [0.2, 0.25) is 0 Å². The number of imidazole rings is 1. The first-order chi connectivity index (χ1) is 8.75. The highest BCUT2D eigenvalue weighted by Crippen LogP contribution is 2.27. The van der Waals surface area contributed by atoms with Gasteiger partial charge in [-0.3, -0.25) is 9.78 Å². The normalized spacial score (nSPS) is 18.3. The predicted octanol–water partition coefficient (Wildman–Crippen LogP) is 1.59. The summed E-state index contributed by atoms with van der Waals surface area (Å²) in [6.07, 6.45) is 4.86. The zero-order chi connectivity index (χ0) is 12.5. The molecule has 0 amide bonds. The Kier molecular flexibility index (Phi) is 2.59. The highest BCUT2D eigenvalue weighted by Gasteiger charge is 2.26. The van der Waals surface area contributed by atoms with E-state index < -0.39 is 5.97 Å². The third-order valence-electron chi connectivity index (χ3n) is 3.35. The lowest BCUT2D eigenvalue weighted by molar-refractivity contribution is -0.142. The molecule has 3 rings (SSSR count). The lowest BCUT2D eigenvalue weighted by atomic mass is 9.97. The Bertz CT molecular complexity index is 577. The van der Waals surface area contributed by atoms with Gasteiger partial charge in [-0.25, -0.2) is 4.98 Å². The van der Waals surface area contributed by atoms with E-state index in [2.05, 4.69) is 9.97 Å².